The molecule has 0 saturated heterocycles. The van der Waals surface area contributed by atoms with Crippen molar-refractivity contribution in [3.8, 4) is 0 Å². The highest BCUT2D eigenvalue weighted by Crippen LogP contribution is 2.05. The van der Waals surface area contributed by atoms with Crippen LogP contribution < -0.4 is 0 Å². The van der Waals surface area contributed by atoms with Crippen molar-refractivity contribution >= 4 is 0 Å². The van der Waals surface area contributed by atoms with Crippen molar-refractivity contribution < 1.29 is 0 Å². The van der Waals surface area contributed by atoms with Gasteiger partial charge in [-0.05, 0) is 25.7 Å². The number of unbranched alkanes of at least 4 members (excludes halogenated alkanes) is 1. The Morgan fingerprint density at radius 1 is 1.33 bits per heavy atom. The van der Waals surface area contributed by atoms with Gasteiger partial charge in [-0.2, -0.15) is 0 Å². The summed E-state index contributed by atoms with van der Waals surface area (Å²) >= 11 is 0. The summed E-state index contributed by atoms with van der Waals surface area (Å²) in [5.41, 5.74) is 0. The molecule has 0 unspecified atom stereocenters. The van der Waals surface area contributed by atoms with Crippen LogP contribution in [0.1, 0.15) is 40.0 Å². The van der Waals surface area contributed by atoms with Gasteiger partial charge >= 0.3 is 0 Å². The molecule has 0 rings (SSSR count). The zero-order valence-corrected chi connectivity index (χ0v) is 6.85. The van der Waals surface area contributed by atoms with E-state index in [1.165, 1.54) is 19.3 Å². The van der Waals surface area contributed by atoms with Crippen molar-refractivity contribution in [1.29, 1.82) is 0 Å². The normalized spacial score (nSPS) is 11.6. The molecule has 0 fully saturated rings. The number of allylic oxidation sites excluding steroid dienone is 2. The zero-order valence-electron chi connectivity index (χ0n) is 6.85. The molecule has 0 N–H and O–H groups in total. The molecule has 0 aliphatic rings. The van der Waals surface area contributed by atoms with Crippen LogP contribution in [0.25, 0.3) is 0 Å². The van der Waals surface area contributed by atoms with Gasteiger partial charge in [-0.3, -0.25) is 0 Å². The second-order valence-corrected chi connectivity index (χ2v) is 2.89. The lowest BCUT2D eigenvalue weighted by Crippen LogP contribution is -1.84. The molecule has 0 aliphatic carbocycles. The van der Waals surface area contributed by atoms with Gasteiger partial charge in [0, 0.05) is 0 Å². The largest absolute Gasteiger partial charge is 0.0917 e. The fraction of sp³-hybridized carbons (Fsp3) is 0.778. The summed E-state index contributed by atoms with van der Waals surface area (Å²) in [4.78, 5) is 0. The summed E-state index contributed by atoms with van der Waals surface area (Å²) < 4.78 is 0. The Kier molecular flexibility index (Phi) is 5.70. The van der Waals surface area contributed by atoms with E-state index < -0.39 is 0 Å². The Labute approximate surface area is 59.0 Å². The van der Waals surface area contributed by atoms with Gasteiger partial charge in [0.05, 0.1) is 0 Å². The van der Waals surface area contributed by atoms with E-state index in [0.717, 1.165) is 5.92 Å². The molecule has 0 spiro atoms. The molecule has 0 nitrogen and oxygen atoms in total. The highest BCUT2D eigenvalue weighted by atomic mass is 14.0. The molecular formula is C9H18. The molecule has 0 aliphatic heterocycles. The molecule has 0 bridgehead atoms. The first-order chi connectivity index (χ1) is 4.27. The van der Waals surface area contributed by atoms with Crippen LogP contribution >= 0.6 is 0 Å². The smallest absolute Gasteiger partial charge is 0.0351 e. The molecule has 0 aromatic rings. The van der Waals surface area contributed by atoms with Crippen molar-refractivity contribution in [1.82, 2.24) is 0 Å². The lowest BCUT2D eigenvalue weighted by Gasteiger charge is -1.99. The van der Waals surface area contributed by atoms with Gasteiger partial charge in [0.15, 0.2) is 0 Å². The minimum atomic E-state index is 0.871. The molecular weight excluding hydrogens is 108 g/mol. The Hall–Kier alpha value is -0.260. The van der Waals surface area contributed by atoms with Gasteiger partial charge in [0.1, 0.15) is 0 Å². The minimum absolute atomic E-state index is 0.871. The van der Waals surface area contributed by atoms with Crippen molar-refractivity contribution in [2.45, 2.75) is 40.0 Å². The van der Waals surface area contributed by atoms with Crippen LogP contribution in [0.5, 0.6) is 0 Å². The van der Waals surface area contributed by atoms with Gasteiger partial charge in [-0.25, -0.2) is 0 Å². The van der Waals surface area contributed by atoms with Crippen LogP contribution in [0.3, 0.4) is 0 Å². The molecule has 0 aromatic heterocycles. The van der Waals surface area contributed by atoms with Crippen LogP contribution in [-0.2, 0) is 0 Å². The second-order valence-electron chi connectivity index (χ2n) is 2.89. The first-order valence-corrected chi connectivity index (χ1v) is 3.88. The maximum atomic E-state index is 2.27. The van der Waals surface area contributed by atoms with Gasteiger partial charge in [0.2, 0.25) is 0 Å². The third kappa shape index (κ3) is 7.74. The number of rotatable bonds is 4. The topological polar surface area (TPSA) is 0 Å². The summed E-state index contributed by atoms with van der Waals surface area (Å²) in [5.74, 6) is 0.871. The van der Waals surface area contributed by atoms with Crippen LogP contribution in [0.2, 0.25) is 0 Å². The Morgan fingerprint density at radius 2 is 2.00 bits per heavy atom. The van der Waals surface area contributed by atoms with Crippen molar-refractivity contribution in [3.63, 3.8) is 0 Å². The van der Waals surface area contributed by atoms with Gasteiger partial charge in [0.25, 0.3) is 0 Å². The lowest BCUT2D eigenvalue weighted by molar-refractivity contribution is 0.560. The summed E-state index contributed by atoms with van der Waals surface area (Å²) in [7, 11) is 0. The average Bonchev–Trinajstić information content (AvgIpc) is 1.80. The summed E-state index contributed by atoms with van der Waals surface area (Å²) in [6.45, 7) is 6.63. The van der Waals surface area contributed by atoms with E-state index in [0.29, 0.717) is 0 Å². The van der Waals surface area contributed by atoms with Gasteiger partial charge < -0.3 is 0 Å². The van der Waals surface area contributed by atoms with Gasteiger partial charge in [-0.15, -0.1) is 0 Å². The average molecular weight is 126 g/mol. The summed E-state index contributed by atoms with van der Waals surface area (Å²) in [6.07, 6.45) is 8.34. The molecule has 0 radical (unpaired) electrons. The Balaban J connectivity index is 2.91. The summed E-state index contributed by atoms with van der Waals surface area (Å²) in [5, 5.41) is 0. The Bertz CT molecular complexity index is 70.1. The lowest BCUT2D eigenvalue weighted by atomic mass is 10.1. The fourth-order valence-corrected chi connectivity index (χ4v) is 0.811. The molecule has 0 saturated carbocycles. The van der Waals surface area contributed by atoms with Crippen LogP contribution in [0.4, 0.5) is 0 Å². The van der Waals surface area contributed by atoms with Crippen molar-refractivity contribution in [3.05, 3.63) is 12.2 Å². The maximum Gasteiger partial charge on any atom is -0.0351 e. The third-order valence-electron chi connectivity index (χ3n) is 1.39. The van der Waals surface area contributed by atoms with E-state index in [1.807, 2.05) is 0 Å². The number of hydrogen-bond donors (Lipinski definition) is 0. The summed E-state index contributed by atoms with van der Waals surface area (Å²) in [6, 6.07) is 0. The van der Waals surface area contributed by atoms with Crippen molar-refractivity contribution in [2.24, 2.45) is 5.92 Å². The van der Waals surface area contributed by atoms with Crippen LogP contribution in [0, 0.1) is 5.92 Å². The molecule has 0 aromatic carbocycles. The predicted molar refractivity (Wildman–Crippen MR) is 43.5 cm³/mol. The molecule has 9 heavy (non-hydrogen) atoms. The minimum Gasteiger partial charge on any atom is -0.0917 e. The van der Waals surface area contributed by atoms with E-state index in [2.05, 4.69) is 32.9 Å². The van der Waals surface area contributed by atoms with E-state index in [-0.39, 0.29) is 0 Å². The van der Waals surface area contributed by atoms with E-state index in [4.69, 9.17) is 0 Å². The fourth-order valence-electron chi connectivity index (χ4n) is 0.811. The standard InChI is InChI=1S/C9H18/c1-4-5-6-7-8-9(2)3/h4-5,9H,6-8H2,1-3H3. The van der Waals surface area contributed by atoms with Crippen molar-refractivity contribution in [2.75, 3.05) is 0 Å². The Morgan fingerprint density at radius 3 is 2.44 bits per heavy atom. The molecule has 0 amide bonds. The maximum absolute atomic E-state index is 2.27. The second kappa shape index (κ2) is 5.87. The number of hydrogen-bond acceptors (Lipinski definition) is 0. The van der Waals surface area contributed by atoms with Crippen LogP contribution in [0.15, 0.2) is 12.2 Å². The first-order valence-electron chi connectivity index (χ1n) is 3.88. The highest BCUT2D eigenvalue weighted by Gasteiger charge is 1.89. The van der Waals surface area contributed by atoms with E-state index >= 15 is 0 Å². The van der Waals surface area contributed by atoms with E-state index in [1.54, 1.807) is 0 Å². The molecule has 54 valence electrons. The van der Waals surface area contributed by atoms with Gasteiger partial charge in [-0.1, -0.05) is 32.4 Å². The molecule has 0 heteroatoms. The SMILES string of the molecule is CC=CCCCC(C)C. The predicted octanol–water partition coefficient (Wildman–Crippen LogP) is 3.39. The quantitative estimate of drug-likeness (QED) is 0.400. The third-order valence-corrected chi connectivity index (χ3v) is 1.39. The first kappa shape index (κ1) is 8.74. The zero-order chi connectivity index (χ0) is 7.11. The molecule has 0 heterocycles. The van der Waals surface area contributed by atoms with Crippen LogP contribution in [-0.4, -0.2) is 0 Å². The monoisotopic (exact) mass is 126 g/mol. The molecule has 0 atom stereocenters. The van der Waals surface area contributed by atoms with E-state index in [9.17, 15) is 0 Å². The highest BCUT2D eigenvalue weighted by molar-refractivity contribution is 4.76.